The van der Waals surface area contributed by atoms with Crippen LogP contribution in [0.4, 0.5) is 0 Å². The number of nitrogens with one attached hydrogen (secondary N) is 1. The molecule has 0 aromatic rings. The van der Waals surface area contributed by atoms with Gasteiger partial charge in [-0.3, -0.25) is 14.9 Å². The van der Waals surface area contributed by atoms with Gasteiger partial charge in [0.05, 0.1) is 12.1 Å². The van der Waals surface area contributed by atoms with E-state index >= 15 is 0 Å². The van der Waals surface area contributed by atoms with Gasteiger partial charge in [-0.05, 0) is 6.42 Å². The summed E-state index contributed by atoms with van der Waals surface area (Å²) < 4.78 is 15.8. The number of hydrogen-bond acceptors (Lipinski definition) is 6. The SMILES string of the molecule is CCC(NC(CC(=O)O)C(=O)O)[Si](OC)(OC)OC. The molecule has 112 valence electrons. The molecule has 0 bridgehead atoms. The van der Waals surface area contributed by atoms with Gasteiger partial charge in [-0.25, -0.2) is 0 Å². The monoisotopic (exact) mass is 295 g/mol. The normalized spacial score (nSPS) is 14.9. The summed E-state index contributed by atoms with van der Waals surface area (Å²) in [5.74, 6) is -2.44. The molecule has 0 aliphatic carbocycles. The average molecular weight is 295 g/mol. The molecule has 8 nitrogen and oxygen atoms in total. The van der Waals surface area contributed by atoms with E-state index in [2.05, 4.69) is 5.32 Å². The second-order valence-electron chi connectivity index (χ2n) is 3.83. The number of carboxylic acid groups (broad SMARTS) is 2. The summed E-state index contributed by atoms with van der Waals surface area (Å²) in [7, 11) is 1.17. The molecular formula is C10H21NO7Si. The zero-order chi connectivity index (χ0) is 15.1. The third-order valence-corrected chi connectivity index (χ3v) is 5.90. The van der Waals surface area contributed by atoms with Crippen molar-refractivity contribution in [3.63, 3.8) is 0 Å². The second-order valence-corrected chi connectivity index (χ2v) is 6.96. The topological polar surface area (TPSA) is 114 Å². The third kappa shape index (κ3) is 4.88. The fourth-order valence-corrected chi connectivity index (χ4v) is 4.04. The average Bonchev–Trinajstić information content (AvgIpc) is 2.37. The highest BCUT2D eigenvalue weighted by molar-refractivity contribution is 6.62. The summed E-state index contributed by atoms with van der Waals surface area (Å²) in [6.45, 7) is 1.80. The van der Waals surface area contributed by atoms with E-state index in [0.29, 0.717) is 6.42 Å². The van der Waals surface area contributed by atoms with Gasteiger partial charge in [0.15, 0.2) is 0 Å². The molecule has 0 saturated carbocycles. The van der Waals surface area contributed by atoms with Crippen LogP contribution < -0.4 is 5.32 Å². The quantitative estimate of drug-likeness (QED) is 0.471. The van der Waals surface area contributed by atoms with Crippen molar-refractivity contribution in [2.24, 2.45) is 0 Å². The summed E-state index contributed by atoms with van der Waals surface area (Å²) in [5.41, 5.74) is -0.507. The maximum absolute atomic E-state index is 11.0. The van der Waals surface area contributed by atoms with Crippen LogP contribution in [0, 0.1) is 0 Å². The van der Waals surface area contributed by atoms with Gasteiger partial charge in [0.2, 0.25) is 0 Å². The van der Waals surface area contributed by atoms with Gasteiger partial charge in [-0.2, -0.15) is 0 Å². The fraction of sp³-hybridized carbons (Fsp3) is 0.800. The Kier molecular flexibility index (Phi) is 7.79. The highest BCUT2D eigenvalue weighted by Gasteiger charge is 2.48. The maximum Gasteiger partial charge on any atom is 0.518 e. The smallest absolute Gasteiger partial charge is 0.481 e. The molecule has 0 spiro atoms. The van der Waals surface area contributed by atoms with E-state index in [4.69, 9.17) is 23.5 Å². The van der Waals surface area contributed by atoms with Gasteiger partial charge in [-0.1, -0.05) is 6.92 Å². The molecule has 0 amide bonds. The number of rotatable bonds is 10. The van der Waals surface area contributed by atoms with Crippen LogP contribution in [0.1, 0.15) is 19.8 Å². The molecule has 0 radical (unpaired) electrons. The lowest BCUT2D eigenvalue weighted by Crippen LogP contribution is -2.63. The van der Waals surface area contributed by atoms with Crippen LogP contribution >= 0.6 is 0 Å². The summed E-state index contributed by atoms with van der Waals surface area (Å²) in [5, 5.41) is 20.5. The Bertz CT molecular complexity index is 300. The predicted octanol–water partition coefficient (Wildman–Crippen LogP) is -0.300. The molecule has 19 heavy (non-hydrogen) atoms. The van der Waals surface area contributed by atoms with Gasteiger partial charge >= 0.3 is 20.7 Å². The van der Waals surface area contributed by atoms with E-state index in [1.165, 1.54) is 21.3 Å². The molecule has 3 N–H and O–H groups in total. The molecule has 0 rings (SSSR count). The van der Waals surface area contributed by atoms with Crippen molar-refractivity contribution in [1.29, 1.82) is 0 Å². The number of carbonyl (C=O) groups is 2. The van der Waals surface area contributed by atoms with Crippen molar-refractivity contribution in [2.75, 3.05) is 21.3 Å². The van der Waals surface area contributed by atoms with Crippen molar-refractivity contribution in [2.45, 2.75) is 31.5 Å². The molecule has 9 heteroatoms. The first kappa shape index (κ1) is 18.0. The predicted molar refractivity (Wildman–Crippen MR) is 67.7 cm³/mol. The highest BCUT2D eigenvalue weighted by Crippen LogP contribution is 2.16. The molecule has 0 aliphatic rings. The van der Waals surface area contributed by atoms with Gasteiger partial charge in [0, 0.05) is 21.3 Å². The number of carboxylic acids is 2. The van der Waals surface area contributed by atoms with Gasteiger partial charge < -0.3 is 23.5 Å². The Morgan fingerprint density at radius 2 is 1.63 bits per heavy atom. The molecular weight excluding hydrogens is 274 g/mol. The minimum Gasteiger partial charge on any atom is -0.481 e. The fourth-order valence-electron chi connectivity index (χ4n) is 1.78. The first-order valence-corrected chi connectivity index (χ1v) is 7.53. The molecule has 0 aliphatic heterocycles. The zero-order valence-corrected chi connectivity index (χ0v) is 12.5. The lowest BCUT2D eigenvalue weighted by molar-refractivity contribution is -0.146. The molecule has 0 aromatic heterocycles. The summed E-state index contributed by atoms with van der Waals surface area (Å²) in [4.78, 5) is 21.7. The second kappa shape index (κ2) is 8.22. The van der Waals surface area contributed by atoms with Crippen molar-refractivity contribution in [1.82, 2.24) is 5.32 Å². The van der Waals surface area contributed by atoms with E-state index < -0.39 is 38.9 Å². The summed E-state index contributed by atoms with van der Waals surface area (Å²) >= 11 is 0. The van der Waals surface area contributed by atoms with Crippen molar-refractivity contribution in [3.05, 3.63) is 0 Å². The Hall–Kier alpha value is -1.00. The van der Waals surface area contributed by atoms with Crippen LogP contribution in [0.5, 0.6) is 0 Å². The van der Waals surface area contributed by atoms with E-state index in [1.807, 2.05) is 0 Å². The van der Waals surface area contributed by atoms with Gasteiger partial charge in [0.25, 0.3) is 0 Å². The molecule has 0 heterocycles. The van der Waals surface area contributed by atoms with E-state index in [-0.39, 0.29) is 0 Å². The lowest BCUT2D eigenvalue weighted by Gasteiger charge is -2.33. The molecule has 0 fully saturated rings. The van der Waals surface area contributed by atoms with E-state index in [9.17, 15) is 9.59 Å². The Labute approximate surface area is 113 Å². The Balaban J connectivity index is 5.02. The van der Waals surface area contributed by atoms with Crippen LogP contribution in [0.15, 0.2) is 0 Å². The first-order valence-electron chi connectivity index (χ1n) is 5.72. The van der Waals surface area contributed by atoms with Crippen LogP contribution in [-0.4, -0.2) is 64.0 Å². The number of hydrogen-bond donors (Lipinski definition) is 3. The maximum atomic E-state index is 11.0. The van der Waals surface area contributed by atoms with Gasteiger partial charge in [-0.15, -0.1) is 0 Å². The Morgan fingerprint density at radius 1 is 1.16 bits per heavy atom. The zero-order valence-electron chi connectivity index (χ0n) is 11.5. The number of aliphatic carboxylic acids is 2. The summed E-state index contributed by atoms with van der Waals surface area (Å²) in [6.07, 6.45) is -0.0569. The van der Waals surface area contributed by atoms with E-state index in [1.54, 1.807) is 6.92 Å². The minimum absolute atomic E-state index is 0.477. The molecule has 0 aromatic carbocycles. The van der Waals surface area contributed by atoms with Crippen LogP contribution in [-0.2, 0) is 22.9 Å². The van der Waals surface area contributed by atoms with E-state index in [0.717, 1.165) is 0 Å². The highest BCUT2D eigenvalue weighted by atomic mass is 28.4. The standard InChI is InChI=1S/C10H21NO7Si/c1-5-8(19(16-2,17-3)18-4)11-7(10(14)15)6-9(12)13/h7-8,11H,5-6H2,1-4H3,(H,12,13)(H,14,15). The molecule has 2 unspecified atom stereocenters. The van der Waals surface area contributed by atoms with Gasteiger partial charge in [0.1, 0.15) is 6.04 Å². The van der Waals surface area contributed by atoms with Crippen LogP contribution in [0.3, 0.4) is 0 Å². The molecule has 2 atom stereocenters. The lowest BCUT2D eigenvalue weighted by atomic mass is 10.2. The van der Waals surface area contributed by atoms with Crippen molar-refractivity contribution in [3.8, 4) is 0 Å². The Morgan fingerprint density at radius 3 is 1.89 bits per heavy atom. The largest absolute Gasteiger partial charge is 0.518 e. The van der Waals surface area contributed by atoms with Crippen LogP contribution in [0.2, 0.25) is 0 Å². The molecule has 0 saturated heterocycles. The van der Waals surface area contributed by atoms with Crippen molar-refractivity contribution < 1.29 is 33.1 Å². The van der Waals surface area contributed by atoms with Crippen LogP contribution in [0.25, 0.3) is 0 Å². The van der Waals surface area contributed by atoms with Crippen molar-refractivity contribution >= 4 is 20.7 Å². The minimum atomic E-state index is -3.07. The first-order chi connectivity index (χ1) is 8.86. The summed E-state index contributed by atoms with van der Waals surface area (Å²) in [6, 6.07) is -1.23. The third-order valence-electron chi connectivity index (χ3n) is 2.77.